The smallest absolute Gasteiger partial charge is 0.326 e. The molecule has 0 fully saturated rings. The van der Waals surface area contributed by atoms with Crippen LogP contribution in [0.2, 0.25) is 0 Å². The molecule has 1 aliphatic rings. The molecular weight excluding hydrogens is 412 g/mol. The maximum Gasteiger partial charge on any atom is 0.326 e. The predicted molar refractivity (Wildman–Crippen MR) is 122 cm³/mol. The van der Waals surface area contributed by atoms with Crippen LogP contribution in [0.5, 0.6) is 0 Å². The van der Waals surface area contributed by atoms with E-state index in [-0.39, 0.29) is 18.3 Å². The standard InChI is InChI=1S/C24H28N2O4S/c1-15-19(12-16-5-8-22-17(11-16)9-10-31(22,28)29)20-13-18(25)6-7-21(20)26(15)14-23(27)30-24(2,3)4/h5-8,11,13H,9-10,12,14,25H2,1-4H3. The van der Waals surface area contributed by atoms with Gasteiger partial charge in [-0.05, 0) is 81.5 Å². The number of nitrogens with two attached hydrogens (primary N) is 1. The first-order chi connectivity index (χ1) is 14.4. The molecule has 31 heavy (non-hydrogen) atoms. The normalized spacial score (nSPS) is 15.2. The molecule has 0 amide bonds. The number of rotatable bonds is 4. The van der Waals surface area contributed by atoms with Crippen molar-refractivity contribution in [2.45, 2.75) is 57.6 Å². The number of hydrogen-bond acceptors (Lipinski definition) is 5. The van der Waals surface area contributed by atoms with Crippen molar-refractivity contribution in [2.75, 3.05) is 11.5 Å². The number of aromatic nitrogens is 1. The number of fused-ring (bicyclic) bond motifs is 2. The van der Waals surface area contributed by atoms with Crippen molar-refractivity contribution in [2.24, 2.45) is 0 Å². The van der Waals surface area contributed by atoms with Gasteiger partial charge in [0.2, 0.25) is 0 Å². The zero-order valence-corrected chi connectivity index (χ0v) is 19.2. The Kier molecular flexibility index (Phi) is 5.12. The van der Waals surface area contributed by atoms with Gasteiger partial charge in [0.15, 0.2) is 9.84 Å². The van der Waals surface area contributed by atoms with Crippen molar-refractivity contribution in [3.8, 4) is 0 Å². The van der Waals surface area contributed by atoms with Gasteiger partial charge in [0.05, 0.1) is 10.6 Å². The lowest BCUT2D eigenvalue weighted by molar-refractivity contribution is -0.155. The summed E-state index contributed by atoms with van der Waals surface area (Å²) < 4.78 is 31.8. The second kappa shape index (κ2) is 7.41. The molecular formula is C24H28N2O4S. The highest BCUT2D eigenvalue weighted by Crippen LogP contribution is 2.32. The molecule has 6 nitrogen and oxygen atoms in total. The van der Waals surface area contributed by atoms with Gasteiger partial charge in [-0.3, -0.25) is 4.79 Å². The molecule has 164 valence electrons. The van der Waals surface area contributed by atoms with Gasteiger partial charge in [0.1, 0.15) is 12.1 Å². The average Bonchev–Trinajstić information content (AvgIpc) is 3.09. The lowest BCUT2D eigenvalue weighted by Gasteiger charge is -2.20. The molecule has 0 aliphatic carbocycles. The van der Waals surface area contributed by atoms with Crippen molar-refractivity contribution in [3.05, 3.63) is 58.8 Å². The second-order valence-electron chi connectivity index (χ2n) is 9.20. The quantitative estimate of drug-likeness (QED) is 0.492. The number of anilines is 1. The topological polar surface area (TPSA) is 91.4 Å². The van der Waals surface area contributed by atoms with Crippen molar-refractivity contribution >= 4 is 32.4 Å². The highest BCUT2D eigenvalue weighted by atomic mass is 32.2. The zero-order chi connectivity index (χ0) is 22.6. The van der Waals surface area contributed by atoms with E-state index in [2.05, 4.69) is 0 Å². The Morgan fingerprint density at radius 2 is 1.90 bits per heavy atom. The van der Waals surface area contributed by atoms with Crippen LogP contribution in [0.15, 0.2) is 41.3 Å². The summed E-state index contributed by atoms with van der Waals surface area (Å²) in [5.74, 6) is -0.116. The van der Waals surface area contributed by atoms with Gasteiger partial charge >= 0.3 is 5.97 Å². The number of ether oxygens (including phenoxy) is 1. The number of benzene rings is 2. The number of esters is 1. The van der Waals surface area contributed by atoms with Gasteiger partial charge < -0.3 is 15.0 Å². The van der Waals surface area contributed by atoms with E-state index in [9.17, 15) is 13.2 Å². The first-order valence-corrected chi connectivity index (χ1v) is 12.0. The summed E-state index contributed by atoms with van der Waals surface area (Å²) in [6.07, 6.45) is 1.18. The Morgan fingerprint density at radius 3 is 2.61 bits per heavy atom. The minimum Gasteiger partial charge on any atom is -0.459 e. The maximum atomic E-state index is 12.5. The molecule has 0 saturated heterocycles. The highest BCUT2D eigenvalue weighted by molar-refractivity contribution is 7.91. The molecule has 1 aromatic heterocycles. The summed E-state index contributed by atoms with van der Waals surface area (Å²) >= 11 is 0. The van der Waals surface area contributed by atoms with Gasteiger partial charge in [0.25, 0.3) is 0 Å². The van der Waals surface area contributed by atoms with E-state index >= 15 is 0 Å². The fraction of sp³-hybridized carbons (Fsp3) is 0.375. The van der Waals surface area contributed by atoms with Crippen molar-refractivity contribution in [1.29, 1.82) is 0 Å². The van der Waals surface area contributed by atoms with Crippen LogP contribution in [0.3, 0.4) is 0 Å². The lowest BCUT2D eigenvalue weighted by atomic mass is 9.99. The van der Waals surface area contributed by atoms with Crippen LogP contribution in [0.4, 0.5) is 5.69 Å². The van der Waals surface area contributed by atoms with Crippen LogP contribution in [0.25, 0.3) is 10.9 Å². The van der Waals surface area contributed by atoms with E-state index in [4.69, 9.17) is 10.5 Å². The summed E-state index contributed by atoms with van der Waals surface area (Å²) in [5, 5.41) is 0.995. The van der Waals surface area contributed by atoms with Gasteiger partial charge in [0, 0.05) is 22.3 Å². The summed E-state index contributed by atoms with van der Waals surface area (Å²) in [5.41, 5.74) is 11.1. The fourth-order valence-electron chi connectivity index (χ4n) is 4.30. The van der Waals surface area contributed by atoms with Crippen molar-refractivity contribution < 1.29 is 17.9 Å². The molecule has 3 aromatic rings. The SMILES string of the molecule is Cc1c(Cc2ccc3c(c2)CCS3(=O)=O)c2cc(N)ccc2n1CC(=O)OC(C)(C)C. The highest BCUT2D eigenvalue weighted by Gasteiger charge is 2.26. The summed E-state index contributed by atoms with van der Waals surface area (Å²) in [6.45, 7) is 7.67. The van der Waals surface area contributed by atoms with E-state index in [1.54, 1.807) is 6.07 Å². The largest absolute Gasteiger partial charge is 0.459 e. The first-order valence-electron chi connectivity index (χ1n) is 10.4. The molecule has 4 rings (SSSR count). The zero-order valence-electron chi connectivity index (χ0n) is 18.4. The van der Waals surface area contributed by atoms with Crippen LogP contribution in [0.1, 0.15) is 43.2 Å². The van der Waals surface area contributed by atoms with Crippen LogP contribution in [0, 0.1) is 6.92 Å². The van der Waals surface area contributed by atoms with Crippen LogP contribution in [-0.4, -0.2) is 30.3 Å². The molecule has 0 unspecified atom stereocenters. The first kappa shape index (κ1) is 21.4. The molecule has 0 radical (unpaired) electrons. The number of carbonyl (C=O) groups excluding carboxylic acids is 1. The number of nitrogens with zero attached hydrogens (tertiary/aromatic N) is 1. The van der Waals surface area contributed by atoms with Crippen LogP contribution in [-0.2, 0) is 38.8 Å². The van der Waals surface area contributed by atoms with Gasteiger partial charge in [-0.15, -0.1) is 0 Å². The van der Waals surface area contributed by atoms with E-state index < -0.39 is 15.4 Å². The van der Waals surface area contributed by atoms with Gasteiger partial charge in [-0.1, -0.05) is 12.1 Å². The molecule has 0 atom stereocenters. The number of hydrogen-bond donors (Lipinski definition) is 1. The van der Waals surface area contributed by atoms with E-state index in [1.165, 1.54) is 0 Å². The van der Waals surface area contributed by atoms with Gasteiger partial charge in [-0.25, -0.2) is 8.42 Å². The Bertz CT molecular complexity index is 1300. The number of sulfone groups is 1. The third-order valence-corrected chi connectivity index (χ3v) is 7.48. The van der Waals surface area contributed by atoms with E-state index in [0.29, 0.717) is 23.4 Å². The summed E-state index contributed by atoms with van der Waals surface area (Å²) in [6, 6.07) is 11.3. The molecule has 1 aliphatic heterocycles. The average molecular weight is 441 g/mol. The fourth-order valence-corrected chi connectivity index (χ4v) is 5.84. The third kappa shape index (κ3) is 4.19. The summed E-state index contributed by atoms with van der Waals surface area (Å²) in [7, 11) is -3.14. The number of carbonyl (C=O) groups is 1. The molecule has 2 N–H and O–H groups in total. The van der Waals surface area contributed by atoms with Crippen LogP contribution >= 0.6 is 0 Å². The third-order valence-electron chi connectivity index (χ3n) is 5.67. The minimum absolute atomic E-state index is 0.117. The summed E-state index contributed by atoms with van der Waals surface area (Å²) in [4.78, 5) is 13.0. The predicted octanol–water partition coefficient (Wildman–Crippen LogP) is 3.79. The molecule has 0 spiro atoms. The number of aryl methyl sites for hydroxylation is 1. The van der Waals surface area contributed by atoms with Crippen molar-refractivity contribution in [3.63, 3.8) is 0 Å². The Labute approximate surface area is 182 Å². The maximum absolute atomic E-state index is 12.5. The van der Waals surface area contributed by atoms with Gasteiger partial charge in [-0.2, -0.15) is 0 Å². The molecule has 0 bridgehead atoms. The van der Waals surface area contributed by atoms with E-state index in [0.717, 1.165) is 33.3 Å². The lowest BCUT2D eigenvalue weighted by Crippen LogP contribution is -2.26. The number of nitrogen functional groups attached to an aromatic ring is 1. The molecule has 0 saturated carbocycles. The molecule has 2 aromatic carbocycles. The molecule has 7 heteroatoms. The Hall–Kier alpha value is -2.80. The monoisotopic (exact) mass is 440 g/mol. The minimum atomic E-state index is -3.14. The van der Waals surface area contributed by atoms with Crippen LogP contribution < -0.4 is 5.73 Å². The van der Waals surface area contributed by atoms with E-state index in [1.807, 2.05) is 62.6 Å². The Morgan fingerprint density at radius 1 is 1.16 bits per heavy atom. The molecule has 2 heterocycles. The second-order valence-corrected chi connectivity index (χ2v) is 11.3. The van der Waals surface area contributed by atoms with Crippen molar-refractivity contribution in [1.82, 2.24) is 4.57 Å². The Balaban J connectivity index is 1.74.